The van der Waals surface area contributed by atoms with Crippen molar-refractivity contribution in [2.75, 3.05) is 7.11 Å². The molecule has 0 fully saturated rings. The van der Waals surface area contributed by atoms with Gasteiger partial charge in [-0.15, -0.1) is 0 Å². The van der Waals surface area contributed by atoms with E-state index in [1.165, 1.54) is 13.2 Å². The highest BCUT2D eigenvalue weighted by Gasteiger charge is 2.11. The van der Waals surface area contributed by atoms with Crippen LogP contribution in [0, 0.1) is 12.7 Å². The first-order valence-electron chi connectivity index (χ1n) is 5.66. The number of halogens is 2. The molecule has 4 heteroatoms. The van der Waals surface area contributed by atoms with Crippen LogP contribution in [0.3, 0.4) is 0 Å². The van der Waals surface area contributed by atoms with E-state index < -0.39 is 11.8 Å². The Bertz CT molecular complexity index is 638. The van der Waals surface area contributed by atoms with Crippen molar-refractivity contribution >= 4 is 17.6 Å². The van der Waals surface area contributed by atoms with Crippen molar-refractivity contribution in [3.8, 4) is 11.1 Å². The number of benzene rings is 2. The fourth-order valence-electron chi connectivity index (χ4n) is 1.84. The maximum atomic E-state index is 13.6. The molecule has 2 nitrogen and oxygen atoms in total. The fourth-order valence-corrected chi connectivity index (χ4v) is 2.18. The smallest absolute Gasteiger partial charge is 0.337 e. The molecule has 0 radical (unpaired) electrons. The van der Waals surface area contributed by atoms with Crippen molar-refractivity contribution in [3.63, 3.8) is 0 Å². The largest absolute Gasteiger partial charge is 0.465 e. The highest BCUT2D eigenvalue weighted by atomic mass is 35.5. The van der Waals surface area contributed by atoms with E-state index in [2.05, 4.69) is 4.74 Å². The standard InChI is InChI=1S/C15H12ClFO2/c1-9-3-4-13(14(16)5-9)10-6-11(15(18)19-2)8-12(17)7-10/h3-8H,1-2H3. The van der Waals surface area contributed by atoms with Gasteiger partial charge in [-0.2, -0.15) is 0 Å². The quantitative estimate of drug-likeness (QED) is 0.768. The van der Waals surface area contributed by atoms with E-state index in [0.717, 1.165) is 11.6 Å². The maximum Gasteiger partial charge on any atom is 0.337 e. The van der Waals surface area contributed by atoms with Crippen LogP contribution in [0.4, 0.5) is 4.39 Å². The van der Waals surface area contributed by atoms with Crippen molar-refractivity contribution in [2.24, 2.45) is 0 Å². The highest BCUT2D eigenvalue weighted by molar-refractivity contribution is 6.33. The Labute approximate surface area is 115 Å². The highest BCUT2D eigenvalue weighted by Crippen LogP contribution is 2.30. The summed E-state index contributed by atoms with van der Waals surface area (Å²) in [6.07, 6.45) is 0. The van der Waals surface area contributed by atoms with Crippen molar-refractivity contribution in [3.05, 3.63) is 58.4 Å². The lowest BCUT2D eigenvalue weighted by atomic mass is 10.0. The number of aryl methyl sites for hydroxylation is 1. The Morgan fingerprint density at radius 1 is 1.21 bits per heavy atom. The lowest BCUT2D eigenvalue weighted by molar-refractivity contribution is 0.0600. The third kappa shape index (κ3) is 2.93. The molecule has 0 unspecified atom stereocenters. The third-order valence-electron chi connectivity index (χ3n) is 2.75. The molecule has 0 saturated carbocycles. The number of carbonyl (C=O) groups excluding carboxylic acids is 1. The minimum Gasteiger partial charge on any atom is -0.465 e. The van der Waals surface area contributed by atoms with Crippen LogP contribution in [0.25, 0.3) is 11.1 Å². The molecule has 0 spiro atoms. The summed E-state index contributed by atoms with van der Waals surface area (Å²) in [5.41, 5.74) is 2.40. The van der Waals surface area contributed by atoms with Gasteiger partial charge in [-0.25, -0.2) is 9.18 Å². The number of esters is 1. The van der Waals surface area contributed by atoms with Gasteiger partial charge < -0.3 is 4.74 Å². The Morgan fingerprint density at radius 2 is 1.95 bits per heavy atom. The molecule has 0 aromatic heterocycles. The van der Waals surface area contributed by atoms with Gasteiger partial charge in [0.1, 0.15) is 5.82 Å². The van der Waals surface area contributed by atoms with Gasteiger partial charge in [0.25, 0.3) is 0 Å². The summed E-state index contributed by atoms with van der Waals surface area (Å²) in [5, 5.41) is 0.515. The molecule has 0 heterocycles. The van der Waals surface area contributed by atoms with E-state index in [1.54, 1.807) is 18.2 Å². The molecule has 0 atom stereocenters. The zero-order valence-corrected chi connectivity index (χ0v) is 11.3. The van der Waals surface area contributed by atoms with Gasteiger partial charge in [0, 0.05) is 10.6 Å². The van der Waals surface area contributed by atoms with E-state index in [9.17, 15) is 9.18 Å². The van der Waals surface area contributed by atoms with Crippen molar-refractivity contribution in [1.29, 1.82) is 0 Å². The van der Waals surface area contributed by atoms with Crippen molar-refractivity contribution in [1.82, 2.24) is 0 Å². The van der Waals surface area contributed by atoms with Crippen LogP contribution in [0.5, 0.6) is 0 Å². The molecule has 2 rings (SSSR count). The zero-order valence-electron chi connectivity index (χ0n) is 10.5. The predicted octanol–water partition coefficient (Wildman–Crippen LogP) is 4.24. The van der Waals surface area contributed by atoms with E-state index >= 15 is 0 Å². The number of hydrogen-bond acceptors (Lipinski definition) is 2. The molecule has 0 saturated heterocycles. The number of ether oxygens (including phenoxy) is 1. The second-order valence-electron chi connectivity index (χ2n) is 4.20. The molecule has 0 amide bonds. The molecule has 0 aliphatic carbocycles. The van der Waals surface area contributed by atoms with E-state index in [4.69, 9.17) is 11.6 Å². The summed E-state index contributed by atoms with van der Waals surface area (Å²) in [4.78, 5) is 11.5. The van der Waals surface area contributed by atoms with Gasteiger partial charge in [0.2, 0.25) is 0 Å². The number of rotatable bonds is 2. The first kappa shape index (κ1) is 13.6. The summed E-state index contributed by atoms with van der Waals surface area (Å²) in [6, 6.07) is 9.50. The molecule has 2 aromatic carbocycles. The summed E-state index contributed by atoms with van der Waals surface area (Å²) in [7, 11) is 1.26. The lowest BCUT2D eigenvalue weighted by Gasteiger charge is -2.08. The SMILES string of the molecule is COC(=O)c1cc(F)cc(-c2ccc(C)cc2Cl)c1. The van der Waals surface area contributed by atoms with Crippen LogP contribution in [-0.2, 0) is 4.74 Å². The van der Waals surface area contributed by atoms with E-state index in [0.29, 0.717) is 16.1 Å². The summed E-state index contributed by atoms with van der Waals surface area (Å²) in [5.74, 6) is -1.08. The number of hydrogen-bond donors (Lipinski definition) is 0. The average Bonchev–Trinajstić information content (AvgIpc) is 2.37. The Morgan fingerprint density at radius 3 is 2.58 bits per heavy atom. The second kappa shape index (κ2) is 5.41. The van der Waals surface area contributed by atoms with Gasteiger partial charge in [0.05, 0.1) is 12.7 Å². The molecule has 0 N–H and O–H groups in total. The predicted molar refractivity (Wildman–Crippen MR) is 72.9 cm³/mol. The van der Waals surface area contributed by atoms with E-state index in [1.807, 2.05) is 13.0 Å². The van der Waals surface area contributed by atoms with Crippen LogP contribution in [0.15, 0.2) is 36.4 Å². The minimum atomic E-state index is -0.580. The maximum absolute atomic E-state index is 13.6. The van der Waals surface area contributed by atoms with Crippen LogP contribution in [-0.4, -0.2) is 13.1 Å². The topological polar surface area (TPSA) is 26.3 Å². The summed E-state index contributed by atoms with van der Waals surface area (Å²) >= 11 is 6.14. The Hall–Kier alpha value is -1.87. The zero-order chi connectivity index (χ0) is 14.0. The van der Waals surface area contributed by atoms with Crippen LogP contribution in [0.1, 0.15) is 15.9 Å². The Kier molecular flexibility index (Phi) is 3.86. The molecule has 98 valence electrons. The molecule has 0 bridgehead atoms. The number of methoxy groups -OCH3 is 1. The molecular formula is C15H12ClFO2. The third-order valence-corrected chi connectivity index (χ3v) is 3.07. The summed E-state index contributed by atoms with van der Waals surface area (Å²) < 4.78 is 18.2. The van der Waals surface area contributed by atoms with Crippen molar-refractivity contribution < 1.29 is 13.9 Å². The van der Waals surface area contributed by atoms with Gasteiger partial charge in [-0.3, -0.25) is 0 Å². The Balaban J connectivity index is 2.56. The average molecular weight is 279 g/mol. The van der Waals surface area contributed by atoms with Crippen molar-refractivity contribution in [2.45, 2.75) is 6.92 Å². The van der Waals surface area contributed by atoms with Gasteiger partial charge in [-0.05, 0) is 42.3 Å². The monoisotopic (exact) mass is 278 g/mol. The molecule has 19 heavy (non-hydrogen) atoms. The van der Waals surface area contributed by atoms with Gasteiger partial charge in [0.15, 0.2) is 0 Å². The molecule has 2 aromatic rings. The molecule has 0 aliphatic heterocycles. The first-order chi connectivity index (χ1) is 9.01. The molecule has 0 aliphatic rings. The fraction of sp³-hybridized carbons (Fsp3) is 0.133. The van der Waals surface area contributed by atoms with Crippen LogP contribution < -0.4 is 0 Å². The van der Waals surface area contributed by atoms with Crippen LogP contribution in [0.2, 0.25) is 5.02 Å². The van der Waals surface area contributed by atoms with Gasteiger partial charge in [-0.1, -0.05) is 23.7 Å². The molecular weight excluding hydrogens is 267 g/mol. The first-order valence-corrected chi connectivity index (χ1v) is 6.04. The van der Waals surface area contributed by atoms with Gasteiger partial charge >= 0.3 is 5.97 Å². The number of carbonyl (C=O) groups is 1. The lowest BCUT2D eigenvalue weighted by Crippen LogP contribution is -2.02. The van der Waals surface area contributed by atoms with E-state index in [-0.39, 0.29) is 5.56 Å². The normalized spacial score (nSPS) is 10.3. The second-order valence-corrected chi connectivity index (χ2v) is 4.61. The summed E-state index contributed by atoms with van der Waals surface area (Å²) in [6.45, 7) is 1.92. The van der Waals surface area contributed by atoms with Crippen LogP contribution >= 0.6 is 11.6 Å². The minimum absolute atomic E-state index is 0.161.